The topological polar surface area (TPSA) is 32.3 Å². The average molecular weight is 292 g/mol. The number of benzene rings is 1. The predicted octanol–water partition coefficient (Wildman–Crippen LogP) is 3.20. The molecule has 0 aliphatic carbocycles. The molecule has 2 unspecified atom stereocenters. The minimum Gasteiger partial charge on any atom is -0.369 e. The summed E-state index contributed by atoms with van der Waals surface area (Å²) in [5.41, 5.74) is 0.501. The van der Waals surface area contributed by atoms with E-state index in [2.05, 4.69) is 17.1 Å². The van der Waals surface area contributed by atoms with Crippen LogP contribution in [0.5, 0.6) is 0 Å². The third-order valence-electron chi connectivity index (χ3n) is 3.85. The van der Waals surface area contributed by atoms with E-state index in [1.807, 2.05) is 26.8 Å². The van der Waals surface area contributed by atoms with E-state index in [0.717, 1.165) is 25.2 Å². The van der Waals surface area contributed by atoms with Gasteiger partial charge in [-0.3, -0.25) is 4.79 Å². The summed E-state index contributed by atoms with van der Waals surface area (Å²) in [6.07, 6.45) is 0.966. The number of hydrogen-bond donors (Lipinski definition) is 1. The van der Waals surface area contributed by atoms with Crippen LogP contribution in [0.25, 0.3) is 0 Å². The highest BCUT2D eigenvalue weighted by Crippen LogP contribution is 2.24. The van der Waals surface area contributed by atoms with Crippen LogP contribution in [0.15, 0.2) is 24.3 Å². The van der Waals surface area contributed by atoms with Crippen LogP contribution >= 0.6 is 0 Å². The Morgan fingerprint density at radius 1 is 1.33 bits per heavy atom. The molecule has 0 saturated carbocycles. The lowest BCUT2D eigenvalue weighted by Crippen LogP contribution is -2.52. The van der Waals surface area contributed by atoms with Gasteiger partial charge >= 0.3 is 0 Å². The Balaban J connectivity index is 2.07. The first-order valence-corrected chi connectivity index (χ1v) is 7.57. The molecule has 1 saturated heterocycles. The lowest BCUT2D eigenvalue weighted by molar-refractivity contribution is -0.129. The van der Waals surface area contributed by atoms with Gasteiger partial charge < -0.3 is 10.2 Å². The molecule has 3 nitrogen and oxygen atoms in total. The van der Waals surface area contributed by atoms with Crippen LogP contribution < -0.4 is 10.2 Å². The number of anilines is 1. The number of rotatable bonds is 2. The molecule has 1 aliphatic rings. The number of nitrogens with zero attached hydrogens (tertiary/aromatic N) is 1. The molecule has 2 atom stereocenters. The zero-order valence-electron chi connectivity index (χ0n) is 13.3. The smallest absolute Gasteiger partial charge is 0.225 e. The third-order valence-corrected chi connectivity index (χ3v) is 3.85. The van der Waals surface area contributed by atoms with Crippen molar-refractivity contribution in [3.8, 4) is 0 Å². The molecule has 0 aromatic heterocycles. The van der Waals surface area contributed by atoms with Gasteiger partial charge in [0.25, 0.3) is 0 Å². The molecule has 1 aliphatic heterocycles. The second-order valence-corrected chi connectivity index (χ2v) is 7.15. The first kappa shape index (κ1) is 15.8. The molecule has 1 aromatic carbocycles. The van der Waals surface area contributed by atoms with Crippen molar-refractivity contribution in [3.63, 3.8) is 0 Å². The van der Waals surface area contributed by atoms with E-state index >= 15 is 0 Å². The SMILES string of the molecule is CC1CC(NC(=O)C(C)(C)C)CN(c2cccc(F)c2)C1. The summed E-state index contributed by atoms with van der Waals surface area (Å²) in [6.45, 7) is 9.54. The minimum atomic E-state index is -0.385. The van der Waals surface area contributed by atoms with E-state index < -0.39 is 0 Å². The highest BCUT2D eigenvalue weighted by atomic mass is 19.1. The summed E-state index contributed by atoms with van der Waals surface area (Å²) in [6, 6.07) is 6.77. The molecular weight excluding hydrogens is 267 g/mol. The standard InChI is InChI=1S/C17H25FN2O/c1-12-8-14(19-16(21)17(2,3)4)11-20(10-12)15-7-5-6-13(18)9-15/h5-7,9,12,14H,8,10-11H2,1-4H3,(H,19,21). The summed E-state index contributed by atoms with van der Waals surface area (Å²) < 4.78 is 13.4. The van der Waals surface area contributed by atoms with Crippen molar-refractivity contribution < 1.29 is 9.18 Å². The van der Waals surface area contributed by atoms with Crippen molar-refractivity contribution in [2.24, 2.45) is 11.3 Å². The molecule has 1 heterocycles. The van der Waals surface area contributed by atoms with Gasteiger partial charge in [-0.1, -0.05) is 33.8 Å². The summed E-state index contributed by atoms with van der Waals surface area (Å²) in [5.74, 6) is 0.314. The predicted molar refractivity (Wildman–Crippen MR) is 83.8 cm³/mol. The van der Waals surface area contributed by atoms with Gasteiger partial charge in [0.15, 0.2) is 0 Å². The quantitative estimate of drug-likeness (QED) is 0.908. The van der Waals surface area contributed by atoms with Gasteiger partial charge in [0.1, 0.15) is 5.82 Å². The average Bonchev–Trinajstić information content (AvgIpc) is 2.37. The van der Waals surface area contributed by atoms with Crippen LogP contribution in [-0.2, 0) is 4.79 Å². The molecule has 0 bridgehead atoms. The van der Waals surface area contributed by atoms with Gasteiger partial charge in [0.2, 0.25) is 5.91 Å². The van der Waals surface area contributed by atoms with Crippen LogP contribution in [0.3, 0.4) is 0 Å². The number of amides is 1. The molecule has 1 aromatic rings. The molecule has 1 amide bonds. The number of nitrogens with one attached hydrogen (secondary N) is 1. The fraction of sp³-hybridized carbons (Fsp3) is 0.588. The molecule has 0 spiro atoms. The maximum Gasteiger partial charge on any atom is 0.225 e. The van der Waals surface area contributed by atoms with Gasteiger partial charge in [0.05, 0.1) is 0 Å². The van der Waals surface area contributed by atoms with E-state index in [0.29, 0.717) is 5.92 Å². The van der Waals surface area contributed by atoms with Gasteiger partial charge in [-0.25, -0.2) is 4.39 Å². The number of hydrogen-bond acceptors (Lipinski definition) is 2. The molecule has 0 radical (unpaired) electrons. The Kier molecular flexibility index (Phi) is 4.55. The third kappa shape index (κ3) is 4.19. The largest absolute Gasteiger partial charge is 0.369 e. The highest BCUT2D eigenvalue weighted by molar-refractivity contribution is 5.81. The molecule has 21 heavy (non-hydrogen) atoms. The molecule has 1 fully saturated rings. The van der Waals surface area contributed by atoms with Gasteiger partial charge in [0, 0.05) is 30.2 Å². The van der Waals surface area contributed by atoms with Crippen LogP contribution in [0.4, 0.5) is 10.1 Å². The second kappa shape index (κ2) is 6.04. The first-order chi connectivity index (χ1) is 9.75. The summed E-state index contributed by atoms with van der Waals surface area (Å²) >= 11 is 0. The van der Waals surface area contributed by atoms with Crippen molar-refractivity contribution >= 4 is 11.6 Å². The van der Waals surface area contributed by atoms with E-state index in [-0.39, 0.29) is 23.2 Å². The van der Waals surface area contributed by atoms with Gasteiger partial charge in [-0.15, -0.1) is 0 Å². The Labute approximate surface area is 126 Å². The lowest BCUT2D eigenvalue weighted by atomic mass is 9.92. The fourth-order valence-electron chi connectivity index (χ4n) is 2.74. The van der Waals surface area contributed by atoms with Crippen molar-refractivity contribution in [2.45, 2.75) is 40.2 Å². The molecule has 1 N–H and O–H groups in total. The van der Waals surface area contributed by atoms with E-state index in [1.54, 1.807) is 12.1 Å². The van der Waals surface area contributed by atoms with E-state index in [1.165, 1.54) is 6.07 Å². The Hall–Kier alpha value is -1.58. The molecule has 2 rings (SSSR count). The normalized spacial score (nSPS) is 23.0. The summed E-state index contributed by atoms with van der Waals surface area (Å²) in [4.78, 5) is 14.3. The van der Waals surface area contributed by atoms with E-state index in [9.17, 15) is 9.18 Å². The zero-order chi connectivity index (χ0) is 15.6. The first-order valence-electron chi connectivity index (χ1n) is 7.57. The Bertz CT molecular complexity index is 510. The number of halogens is 1. The summed E-state index contributed by atoms with van der Waals surface area (Å²) in [5, 5.41) is 3.13. The van der Waals surface area contributed by atoms with Crippen LogP contribution in [0.2, 0.25) is 0 Å². The molecule has 116 valence electrons. The minimum absolute atomic E-state index is 0.0702. The van der Waals surface area contributed by atoms with Crippen molar-refractivity contribution in [2.75, 3.05) is 18.0 Å². The highest BCUT2D eigenvalue weighted by Gasteiger charge is 2.29. The maximum absolute atomic E-state index is 13.4. The van der Waals surface area contributed by atoms with Crippen LogP contribution in [0.1, 0.15) is 34.1 Å². The number of carbonyl (C=O) groups excluding carboxylic acids is 1. The number of carbonyl (C=O) groups is 1. The fourth-order valence-corrected chi connectivity index (χ4v) is 2.74. The Morgan fingerprint density at radius 3 is 2.67 bits per heavy atom. The summed E-state index contributed by atoms with van der Waals surface area (Å²) in [7, 11) is 0. The van der Waals surface area contributed by atoms with Crippen LogP contribution in [-0.4, -0.2) is 25.0 Å². The van der Waals surface area contributed by atoms with Crippen molar-refractivity contribution in [1.82, 2.24) is 5.32 Å². The zero-order valence-corrected chi connectivity index (χ0v) is 13.3. The molecular formula is C17H25FN2O. The monoisotopic (exact) mass is 292 g/mol. The van der Waals surface area contributed by atoms with Crippen molar-refractivity contribution in [3.05, 3.63) is 30.1 Å². The van der Waals surface area contributed by atoms with Gasteiger partial charge in [-0.05, 0) is 30.5 Å². The van der Waals surface area contributed by atoms with Crippen LogP contribution in [0, 0.1) is 17.2 Å². The van der Waals surface area contributed by atoms with Crippen molar-refractivity contribution in [1.29, 1.82) is 0 Å². The second-order valence-electron chi connectivity index (χ2n) is 7.15. The maximum atomic E-state index is 13.4. The Morgan fingerprint density at radius 2 is 2.05 bits per heavy atom. The van der Waals surface area contributed by atoms with Gasteiger partial charge in [-0.2, -0.15) is 0 Å². The molecule has 4 heteroatoms. The van der Waals surface area contributed by atoms with E-state index in [4.69, 9.17) is 0 Å². The number of piperidine rings is 1. The lowest BCUT2D eigenvalue weighted by Gasteiger charge is -2.39.